The van der Waals surface area contributed by atoms with Gasteiger partial charge in [-0.3, -0.25) is 9.88 Å². The third kappa shape index (κ3) is 3.35. The van der Waals surface area contributed by atoms with E-state index in [-0.39, 0.29) is 4.90 Å². The Balaban J connectivity index is 1.62. The van der Waals surface area contributed by atoms with Crippen LogP contribution in [-0.2, 0) is 16.6 Å². The second-order valence-electron chi connectivity index (χ2n) is 5.35. The highest BCUT2D eigenvalue weighted by molar-refractivity contribution is 7.89. The zero-order chi connectivity index (χ0) is 15.4. The van der Waals surface area contributed by atoms with Crippen LogP contribution < -0.4 is 0 Å². The van der Waals surface area contributed by atoms with Crippen LogP contribution in [0.1, 0.15) is 5.56 Å². The van der Waals surface area contributed by atoms with Crippen molar-refractivity contribution in [3.8, 4) is 0 Å². The number of hydrogen-bond donors (Lipinski definition) is 0. The highest BCUT2D eigenvalue weighted by atomic mass is 32.2. The molecular weight excluding hydrogens is 298 g/mol. The molecule has 0 N–H and O–H groups in total. The zero-order valence-electron chi connectivity index (χ0n) is 12.3. The minimum atomic E-state index is -3.41. The largest absolute Gasteiger partial charge is 0.296 e. The fourth-order valence-corrected chi connectivity index (χ4v) is 4.01. The molecule has 1 aliphatic rings. The summed E-state index contributed by atoms with van der Waals surface area (Å²) in [6, 6.07) is 13.5. The second kappa shape index (κ2) is 6.56. The molecule has 2 heterocycles. The van der Waals surface area contributed by atoms with Crippen LogP contribution in [0.5, 0.6) is 0 Å². The maximum atomic E-state index is 12.5. The molecule has 0 atom stereocenters. The molecule has 1 saturated heterocycles. The van der Waals surface area contributed by atoms with Gasteiger partial charge in [0.1, 0.15) is 4.90 Å². The fourth-order valence-electron chi connectivity index (χ4n) is 2.62. The van der Waals surface area contributed by atoms with E-state index >= 15 is 0 Å². The number of nitrogens with zero attached hydrogens (tertiary/aromatic N) is 3. The van der Waals surface area contributed by atoms with Crippen molar-refractivity contribution in [3.05, 3.63) is 60.4 Å². The monoisotopic (exact) mass is 317 g/mol. The Hall–Kier alpha value is -1.76. The van der Waals surface area contributed by atoms with E-state index in [4.69, 9.17) is 0 Å². The number of sulfonamides is 1. The van der Waals surface area contributed by atoms with Gasteiger partial charge in [0, 0.05) is 45.1 Å². The molecule has 0 radical (unpaired) electrons. The Kier molecular flexibility index (Phi) is 4.52. The SMILES string of the molecule is O=S(=O)(c1cccnc1)N1CCN(Cc2ccccc2)CC1. The van der Waals surface area contributed by atoms with Crippen LogP contribution in [0, 0.1) is 0 Å². The van der Waals surface area contributed by atoms with Crippen LogP contribution in [-0.4, -0.2) is 48.8 Å². The first-order valence-corrected chi connectivity index (χ1v) is 8.77. The lowest BCUT2D eigenvalue weighted by Gasteiger charge is -2.33. The van der Waals surface area contributed by atoms with E-state index in [0.717, 1.165) is 19.6 Å². The van der Waals surface area contributed by atoms with Crippen LogP contribution in [0.25, 0.3) is 0 Å². The molecule has 22 heavy (non-hydrogen) atoms. The molecule has 0 saturated carbocycles. The summed E-state index contributed by atoms with van der Waals surface area (Å²) < 4.78 is 26.6. The van der Waals surface area contributed by atoms with E-state index in [0.29, 0.717) is 13.1 Å². The van der Waals surface area contributed by atoms with Crippen molar-refractivity contribution in [2.75, 3.05) is 26.2 Å². The van der Waals surface area contributed by atoms with Crippen LogP contribution in [0.2, 0.25) is 0 Å². The zero-order valence-corrected chi connectivity index (χ0v) is 13.1. The standard InChI is InChI=1S/C16H19N3O2S/c20-22(21,16-7-4-8-17-13-16)19-11-9-18(10-12-19)14-15-5-2-1-3-6-15/h1-8,13H,9-12,14H2. The van der Waals surface area contributed by atoms with Gasteiger partial charge in [-0.15, -0.1) is 0 Å². The molecule has 0 bridgehead atoms. The number of benzene rings is 1. The molecule has 1 aliphatic heterocycles. The van der Waals surface area contributed by atoms with Crippen molar-refractivity contribution in [2.45, 2.75) is 11.4 Å². The Morgan fingerprint density at radius 1 is 0.955 bits per heavy atom. The van der Waals surface area contributed by atoms with E-state index in [1.54, 1.807) is 22.6 Å². The van der Waals surface area contributed by atoms with E-state index < -0.39 is 10.0 Å². The quantitative estimate of drug-likeness (QED) is 0.859. The fraction of sp³-hybridized carbons (Fsp3) is 0.312. The van der Waals surface area contributed by atoms with Crippen LogP contribution in [0.15, 0.2) is 59.8 Å². The van der Waals surface area contributed by atoms with Crippen molar-refractivity contribution < 1.29 is 8.42 Å². The van der Waals surface area contributed by atoms with Gasteiger partial charge >= 0.3 is 0 Å². The molecular formula is C16H19N3O2S. The van der Waals surface area contributed by atoms with Crippen LogP contribution >= 0.6 is 0 Å². The lowest BCUT2D eigenvalue weighted by atomic mass is 10.2. The molecule has 1 aromatic carbocycles. The van der Waals surface area contributed by atoms with E-state index in [1.807, 2.05) is 18.2 Å². The van der Waals surface area contributed by atoms with Gasteiger partial charge in [0.25, 0.3) is 0 Å². The highest BCUT2D eigenvalue weighted by Gasteiger charge is 2.28. The van der Waals surface area contributed by atoms with Gasteiger partial charge in [-0.2, -0.15) is 4.31 Å². The minimum Gasteiger partial charge on any atom is -0.296 e. The average molecular weight is 317 g/mol. The van der Waals surface area contributed by atoms with Crippen molar-refractivity contribution in [1.82, 2.24) is 14.2 Å². The van der Waals surface area contributed by atoms with Crippen LogP contribution in [0.3, 0.4) is 0 Å². The van der Waals surface area contributed by atoms with Gasteiger partial charge in [0.15, 0.2) is 0 Å². The molecule has 0 aliphatic carbocycles. The van der Waals surface area contributed by atoms with Gasteiger partial charge < -0.3 is 0 Å². The highest BCUT2D eigenvalue weighted by Crippen LogP contribution is 2.17. The van der Waals surface area contributed by atoms with E-state index in [1.165, 1.54) is 11.8 Å². The van der Waals surface area contributed by atoms with E-state index in [9.17, 15) is 8.42 Å². The number of piperazine rings is 1. The summed E-state index contributed by atoms with van der Waals surface area (Å²) in [5, 5.41) is 0. The van der Waals surface area contributed by atoms with Crippen molar-refractivity contribution in [1.29, 1.82) is 0 Å². The summed E-state index contributed by atoms with van der Waals surface area (Å²) in [4.78, 5) is 6.45. The first-order valence-electron chi connectivity index (χ1n) is 7.33. The van der Waals surface area contributed by atoms with Gasteiger partial charge in [0.2, 0.25) is 10.0 Å². The van der Waals surface area contributed by atoms with E-state index in [2.05, 4.69) is 22.0 Å². The summed E-state index contributed by atoms with van der Waals surface area (Å²) >= 11 is 0. The normalized spacial score (nSPS) is 17.5. The lowest BCUT2D eigenvalue weighted by molar-refractivity contribution is 0.181. The molecule has 2 aromatic rings. The van der Waals surface area contributed by atoms with Crippen molar-refractivity contribution in [3.63, 3.8) is 0 Å². The van der Waals surface area contributed by atoms with Gasteiger partial charge in [0.05, 0.1) is 0 Å². The second-order valence-corrected chi connectivity index (χ2v) is 7.29. The average Bonchev–Trinajstić information content (AvgIpc) is 2.57. The number of rotatable bonds is 4. The number of aromatic nitrogens is 1. The maximum Gasteiger partial charge on any atom is 0.244 e. The lowest BCUT2D eigenvalue weighted by Crippen LogP contribution is -2.48. The van der Waals surface area contributed by atoms with Gasteiger partial charge in [-0.05, 0) is 17.7 Å². The Morgan fingerprint density at radius 2 is 1.68 bits per heavy atom. The number of hydrogen-bond acceptors (Lipinski definition) is 4. The third-order valence-electron chi connectivity index (χ3n) is 3.85. The molecule has 0 amide bonds. The third-order valence-corrected chi connectivity index (χ3v) is 5.73. The molecule has 0 unspecified atom stereocenters. The summed E-state index contributed by atoms with van der Waals surface area (Å²) in [6.07, 6.45) is 2.99. The molecule has 1 aromatic heterocycles. The first kappa shape index (κ1) is 15.1. The maximum absolute atomic E-state index is 12.5. The Labute approximate surface area is 131 Å². The Bertz CT molecular complexity index is 697. The molecule has 116 valence electrons. The molecule has 0 spiro atoms. The smallest absolute Gasteiger partial charge is 0.244 e. The molecule has 6 heteroatoms. The number of pyridine rings is 1. The molecule has 3 rings (SSSR count). The summed E-state index contributed by atoms with van der Waals surface area (Å²) in [5.41, 5.74) is 1.26. The first-order chi connectivity index (χ1) is 10.7. The topological polar surface area (TPSA) is 53.5 Å². The van der Waals surface area contributed by atoms with Gasteiger partial charge in [-0.1, -0.05) is 30.3 Å². The summed E-state index contributed by atoms with van der Waals surface area (Å²) in [6.45, 7) is 3.39. The Morgan fingerprint density at radius 3 is 2.32 bits per heavy atom. The van der Waals surface area contributed by atoms with Crippen molar-refractivity contribution >= 4 is 10.0 Å². The summed E-state index contributed by atoms with van der Waals surface area (Å²) in [7, 11) is -3.41. The predicted octanol–water partition coefficient (Wildman–Crippen LogP) is 1.59. The van der Waals surface area contributed by atoms with Gasteiger partial charge in [-0.25, -0.2) is 8.42 Å². The molecule has 1 fully saturated rings. The van der Waals surface area contributed by atoms with Crippen LogP contribution in [0.4, 0.5) is 0 Å². The molecule has 5 nitrogen and oxygen atoms in total. The predicted molar refractivity (Wildman–Crippen MR) is 84.7 cm³/mol. The minimum absolute atomic E-state index is 0.270. The summed E-state index contributed by atoms with van der Waals surface area (Å²) in [5.74, 6) is 0. The van der Waals surface area contributed by atoms with Crippen molar-refractivity contribution in [2.24, 2.45) is 0 Å².